The number of anilines is 1. The van der Waals surface area contributed by atoms with Gasteiger partial charge in [0.2, 0.25) is 5.91 Å². The highest BCUT2D eigenvalue weighted by Gasteiger charge is 2.46. The largest absolute Gasteiger partial charge is 0.465 e. The molecule has 134 valence electrons. The molecule has 0 bridgehead atoms. The van der Waals surface area contributed by atoms with Gasteiger partial charge in [-0.15, -0.1) is 0 Å². The molecule has 4 amide bonds. The third-order valence-electron chi connectivity index (χ3n) is 4.29. The Balaban J connectivity index is 2.12. The van der Waals surface area contributed by atoms with Crippen molar-refractivity contribution in [3.63, 3.8) is 0 Å². The molecule has 8 nitrogen and oxygen atoms in total. The van der Waals surface area contributed by atoms with Gasteiger partial charge in [0.25, 0.3) is 5.91 Å². The van der Waals surface area contributed by atoms with Crippen molar-refractivity contribution in [2.45, 2.75) is 32.7 Å². The molecule has 0 aliphatic carbocycles. The van der Waals surface area contributed by atoms with Gasteiger partial charge >= 0.3 is 12.0 Å². The van der Waals surface area contributed by atoms with Crippen molar-refractivity contribution < 1.29 is 23.9 Å². The van der Waals surface area contributed by atoms with Crippen LogP contribution in [0, 0.1) is 6.92 Å². The Labute approximate surface area is 145 Å². The summed E-state index contributed by atoms with van der Waals surface area (Å²) in [5.41, 5.74) is 0.449. The molecule has 1 heterocycles. The predicted octanol–water partition coefficient (Wildman–Crippen LogP) is 1.44. The minimum atomic E-state index is -0.988. The minimum Gasteiger partial charge on any atom is -0.465 e. The Bertz CT molecular complexity index is 746. The molecule has 0 radical (unpaired) electrons. The molecule has 1 aliphatic rings. The van der Waals surface area contributed by atoms with Crippen LogP contribution in [0.15, 0.2) is 18.2 Å². The lowest BCUT2D eigenvalue weighted by atomic mass is 9.99. The second-order valence-corrected chi connectivity index (χ2v) is 6.08. The van der Waals surface area contributed by atoms with E-state index in [9.17, 15) is 19.2 Å². The number of benzene rings is 1. The predicted molar refractivity (Wildman–Crippen MR) is 90.1 cm³/mol. The van der Waals surface area contributed by atoms with Crippen LogP contribution in [-0.4, -0.2) is 47.9 Å². The van der Waals surface area contributed by atoms with Gasteiger partial charge in [0, 0.05) is 5.69 Å². The fourth-order valence-electron chi connectivity index (χ4n) is 2.47. The van der Waals surface area contributed by atoms with Crippen LogP contribution < -0.4 is 10.6 Å². The molecule has 1 aliphatic heterocycles. The van der Waals surface area contributed by atoms with Crippen molar-refractivity contribution in [2.75, 3.05) is 19.0 Å². The summed E-state index contributed by atoms with van der Waals surface area (Å²) < 4.78 is 4.65. The summed E-state index contributed by atoms with van der Waals surface area (Å²) in [7, 11) is 1.27. The molecule has 1 aromatic carbocycles. The van der Waals surface area contributed by atoms with Gasteiger partial charge in [-0.1, -0.05) is 13.0 Å². The number of ether oxygens (including phenoxy) is 1. The third-order valence-corrected chi connectivity index (χ3v) is 4.29. The van der Waals surface area contributed by atoms with Crippen LogP contribution in [0.25, 0.3) is 0 Å². The normalized spacial score (nSPS) is 19.6. The van der Waals surface area contributed by atoms with Crippen LogP contribution >= 0.6 is 0 Å². The van der Waals surface area contributed by atoms with Gasteiger partial charge in [-0.25, -0.2) is 9.59 Å². The summed E-state index contributed by atoms with van der Waals surface area (Å²) in [6, 6.07) is 4.15. The first kappa shape index (κ1) is 18.4. The van der Waals surface area contributed by atoms with Gasteiger partial charge in [0.15, 0.2) is 0 Å². The van der Waals surface area contributed by atoms with E-state index in [0.717, 1.165) is 10.5 Å². The molecule has 2 N–H and O–H groups in total. The zero-order valence-electron chi connectivity index (χ0n) is 14.6. The Kier molecular flexibility index (Phi) is 5.10. The number of urea groups is 1. The van der Waals surface area contributed by atoms with E-state index >= 15 is 0 Å². The Morgan fingerprint density at radius 2 is 2.00 bits per heavy atom. The SMILES string of the molecule is CC[C@]1(C)NC(=O)N(CC(=O)Nc2cc(C(=O)OC)ccc2C)C1=O. The minimum absolute atomic E-state index is 0.289. The number of aryl methyl sites for hydroxylation is 1. The lowest BCUT2D eigenvalue weighted by molar-refractivity contribution is -0.133. The van der Waals surface area contributed by atoms with E-state index in [1.807, 2.05) is 0 Å². The van der Waals surface area contributed by atoms with E-state index in [-0.39, 0.29) is 5.56 Å². The lowest BCUT2D eigenvalue weighted by Crippen LogP contribution is -2.44. The zero-order chi connectivity index (χ0) is 18.8. The van der Waals surface area contributed by atoms with Crippen LogP contribution in [-0.2, 0) is 14.3 Å². The number of rotatable bonds is 5. The third kappa shape index (κ3) is 3.62. The number of hydrogen-bond acceptors (Lipinski definition) is 5. The van der Waals surface area contributed by atoms with Crippen molar-refractivity contribution in [1.29, 1.82) is 0 Å². The first-order chi connectivity index (χ1) is 11.7. The second kappa shape index (κ2) is 6.92. The van der Waals surface area contributed by atoms with Gasteiger partial charge in [-0.05, 0) is 38.0 Å². The summed E-state index contributed by atoms with van der Waals surface area (Å²) in [6.07, 6.45) is 0.427. The molecule has 2 rings (SSSR count). The highest BCUT2D eigenvalue weighted by Crippen LogP contribution is 2.21. The Hall–Kier alpha value is -2.90. The number of esters is 1. The maximum Gasteiger partial charge on any atom is 0.337 e. The average Bonchev–Trinajstić information content (AvgIpc) is 2.80. The van der Waals surface area contributed by atoms with Crippen molar-refractivity contribution in [3.8, 4) is 0 Å². The molecule has 1 aromatic rings. The molecule has 0 unspecified atom stereocenters. The summed E-state index contributed by atoms with van der Waals surface area (Å²) >= 11 is 0. The van der Waals surface area contributed by atoms with Crippen LogP contribution in [0.3, 0.4) is 0 Å². The maximum atomic E-state index is 12.3. The van der Waals surface area contributed by atoms with E-state index < -0.39 is 35.9 Å². The van der Waals surface area contributed by atoms with Gasteiger partial charge < -0.3 is 15.4 Å². The lowest BCUT2D eigenvalue weighted by Gasteiger charge is -2.19. The zero-order valence-corrected chi connectivity index (χ0v) is 14.6. The Morgan fingerprint density at radius 1 is 1.32 bits per heavy atom. The first-order valence-electron chi connectivity index (χ1n) is 7.84. The summed E-state index contributed by atoms with van der Waals surface area (Å²) in [4.78, 5) is 49.0. The number of nitrogens with zero attached hydrogens (tertiary/aromatic N) is 1. The highest BCUT2D eigenvalue weighted by atomic mass is 16.5. The van der Waals surface area contributed by atoms with Crippen LogP contribution in [0.5, 0.6) is 0 Å². The smallest absolute Gasteiger partial charge is 0.337 e. The second-order valence-electron chi connectivity index (χ2n) is 6.08. The number of nitrogens with one attached hydrogen (secondary N) is 2. The van der Waals surface area contributed by atoms with E-state index in [1.165, 1.54) is 13.2 Å². The maximum absolute atomic E-state index is 12.3. The molecule has 0 aromatic heterocycles. The molecule has 25 heavy (non-hydrogen) atoms. The number of imide groups is 1. The van der Waals surface area contributed by atoms with E-state index in [2.05, 4.69) is 15.4 Å². The first-order valence-corrected chi connectivity index (χ1v) is 7.84. The quantitative estimate of drug-likeness (QED) is 0.619. The number of carbonyl (C=O) groups is 4. The molecule has 0 saturated carbocycles. The fraction of sp³-hybridized carbons (Fsp3) is 0.412. The molecule has 1 fully saturated rings. The fourth-order valence-corrected chi connectivity index (χ4v) is 2.47. The highest BCUT2D eigenvalue weighted by molar-refractivity contribution is 6.10. The molecular weight excluding hydrogens is 326 g/mol. The number of carbonyl (C=O) groups excluding carboxylic acids is 4. The van der Waals surface area contributed by atoms with Crippen molar-refractivity contribution in [3.05, 3.63) is 29.3 Å². The number of methoxy groups -OCH3 is 1. The molecule has 8 heteroatoms. The van der Waals surface area contributed by atoms with Gasteiger partial charge in [-0.2, -0.15) is 0 Å². The Morgan fingerprint density at radius 3 is 2.56 bits per heavy atom. The van der Waals surface area contributed by atoms with Crippen LogP contribution in [0.2, 0.25) is 0 Å². The van der Waals surface area contributed by atoms with Gasteiger partial charge in [-0.3, -0.25) is 14.5 Å². The number of amides is 4. The topological polar surface area (TPSA) is 105 Å². The van der Waals surface area contributed by atoms with Crippen LogP contribution in [0.1, 0.15) is 36.2 Å². The van der Waals surface area contributed by atoms with Crippen molar-refractivity contribution >= 4 is 29.5 Å². The standard InChI is InChI=1S/C17H21N3O5/c1-5-17(3)15(23)20(16(24)19-17)9-13(21)18-12-8-11(14(22)25-4)7-6-10(12)2/h6-8H,5,9H2,1-4H3,(H,18,21)(H,19,24)/t17-/m0/s1. The molecular formula is C17H21N3O5. The molecule has 0 spiro atoms. The van der Waals surface area contributed by atoms with Gasteiger partial charge in [0.1, 0.15) is 12.1 Å². The number of hydrogen-bond donors (Lipinski definition) is 2. The summed E-state index contributed by atoms with van der Waals surface area (Å²) in [5, 5.41) is 5.21. The molecule has 1 saturated heterocycles. The van der Waals surface area contributed by atoms with Crippen molar-refractivity contribution in [1.82, 2.24) is 10.2 Å². The van der Waals surface area contributed by atoms with Crippen LogP contribution in [0.4, 0.5) is 10.5 Å². The average molecular weight is 347 g/mol. The van der Waals surface area contributed by atoms with Crippen molar-refractivity contribution in [2.24, 2.45) is 0 Å². The summed E-state index contributed by atoms with van der Waals surface area (Å²) in [5.74, 6) is -1.49. The van der Waals surface area contributed by atoms with E-state index in [0.29, 0.717) is 12.1 Å². The summed E-state index contributed by atoms with van der Waals surface area (Å²) in [6.45, 7) is 4.76. The van der Waals surface area contributed by atoms with E-state index in [1.54, 1.807) is 32.9 Å². The van der Waals surface area contributed by atoms with E-state index in [4.69, 9.17) is 0 Å². The monoisotopic (exact) mass is 347 g/mol. The van der Waals surface area contributed by atoms with Gasteiger partial charge in [0.05, 0.1) is 12.7 Å². The molecule has 1 atom stereocenters.